The van der Waals surface area contributed by atoms with Crippen LogP contribution >= 0.6 is 24.0 Å². The molecule has 1 atom stereocenters. The minimum atomic E-state index is -0.295. The van der Waals surface area contributed by atoms with Gasteiger partial charge in [0.15, 0.2) is 5.96 Å². The number of carbonyl (C=O) groups is 1. The van der Waals surface area contributed by atoms with Gasteiger partial charge in [0.1, 0.15) is 5.76 Å². The summed E-state index contributed by atoms with van der Waals surface area (Å²) in [5.74, 6) is 1.42. The Bertz CT molecular complexity index is 803. The smallest absolute Gasteiger partial charge is 0.338 e. The molecular formula is C23H33IN4O3. The minimum Gasteiger partial charge on any atom is -0.468 e. The van der Waals surface area contributed by atoms with E-state index in [2.05, 4.69) is 20.5 Å². The number of piperidine rings is 1. The third kappa shape index (κ3) is 7.53. The zero-order chi connectivity index (χ0) is 21.2. The minimum absolute atomic E-state index is 0. The van der Waals surface area contributed by atoms with E-state index in [0.717, 1.165) is 36.9 Å². The van der Waals surface area contributed by atoms with Crippen molar-refractivity contribution in [1.29, 1.82) is 0 Å². The Kier molecular flexibility index (Phi) is 10.9. The molecule has 0 saturated carbocycles. The first-order chi connectivity index (χ1) is 14.7. The van der Waals surface area contributed by atoms with E-state index >= 15 is 0 Å². The number of aliphatic imine (C=N–C) groups is 1. The number of rotatable bonds is 8. The first kappa shape index (κ1) is 25.2. The van der Waals surface area contributed by atoms with Crippen LogP contribution in [-0.4, -0.2) is 50.1 Å². The Morgan fingerprint density at radius 3 is 2.52 bits per heavy atom. The Labute approximate surface area is 201 Å². The van der Waals surface area contributed by atoms with Gasteiger partial charge >= 0.3 is 5.97 Å². The molecule has 1 saturated heterocycles. The van der Waals surface area contributed by atoms with Crippen LogP contribution in [0, 0.1) is 0 Å². The average molecular weight is 540 g/mol. The summed E-state index contributed by atoms with van der Waals surface area (Å²) in [6.07, 6.45) is 5.49. The molecule has 3 rings (SSSR count). The predicted molar refractivity (Wildman–Crippen MR) is 133 cm³/mol. The molecule has 2 N–H and O–H groups in total. The van der Waals surface area contributed by atoms with Crippen molar-refractivity contribution < 1.29 is 13.9 Å². The van der Waals surface area contributed by atoms with E-state index in [1.807, 2.05) is 24.3 Å². The highest BCUT2D eigenvalue weighted by molar-refractivity contribution is 14.0. The van der Waals surface area contributed by atoms with Gasteiger partial charge in [-0.3, -0.25) is 9.89 Å². The van der Waals surface area contributed by atoms with Gasteiger partial charge in [-0.15, -0.1) is 24.0 Å². The lowest BCUT2D eigenvalue weighted by atomic mass is 10.1. The summed E-state index contributed by atoms with van der Waals surface area (Å²) in [5.41, 5.74) is 1.62. The molecule has 170 valence electrons. The SMILES string of the molecule is CCOC(=O)c1ccc(CNC(=NC)NCC(c2ccco2)N2CCCCC2)cc1.I. The molecular weight excluding hydrogens is 507 g/mol. The van der Waals surface area contributed by atoms with Crippen LogP contribution in [0.15, 0.2) is 52.1 Å². The van der Waals surface area contributed by atoms with Gasteiger partial charge in [0.2, 0.25) is 0 Å². The van der Waals surface area contributed by atoms with Crippen molar-refractivity contribution >= 4 is 35.9 Å². The first-order valence-electron chi connectivity index (χ1n) is 10.7. The number of hydrogen-bond donors (Lipinski definition) is 2. The van der Waals surface area contributed by atoms with E-state index in [0.29, 0.717) is 18.7 Å². The van der Waals surface area contributed by atoms with Crippen molar-refractivity contribution in [2.45, 2.75) is 38.8 Å². The second kappa shape index (κ2) is 13.4. The highest BCUT2D eigenvalue weighted by Gasteiger charge is 2.24. The lowest BCUT2D eigenvalue weighted by Crippen LogP contribution is -2.44. The van der Waals surface area contributed by atoms with Crippen LogP contribution in [0.3, 0.4) is 0 Å². The largest absolute Gasteiger partial charge is 0.468 e. The van der Waals surface area contributed by atoms with Gasteiger partial charge in [-0.25, -0.2) is 4.79 Å². The second-order valence-electron chi connectivity index (χ2n) is 7.35. The van der Waals surface area contributed by atoms with Gasteiger partial charge in [0.25, 0.3) is 0 Å². The van der Waals surface area contributed by atoms with E-state index in [4.69, 9.17) is 9.15 Å². The summed E-state index contributed by atoms with van der Waals surface area (Å²) in [5, 5.41) is 6.77. The summed E-state index contributed by atoms with van der Waals surface area (Å²) < 4.78 is 10.7. The number of guanidine groups is 1. The quantitative estimate of drug-likeness (QED) is 0.229. The van der Waals surface area contributed by atoms with Crippen molar-refractivity contribution in [2.75, 3.05) is 33.3 Å². The van der Waals surface area contributed by atoms with Crippen molar-refractivity contribution in [2.24, 2.45) is 4.99 Å². The molecule has 0 radical (unpaired) electrons. The topological polar surface area (TPSA) is 79.1 Å². The van der Waals surface area contributed by atoms with Crippen molar-refractivity contribution in [3.63, 3.8) is 0 Å². The first-order valence-corrected chi connectivity index (χ1v) is 10.7. The molecule has 0 spiro atoms. The number of furan rings is 1. The van der Waals surface area contributed by atoms with Crippen LogP contribution in [0.25, 0.3) is 0 Å². The summed E-state index contributed by atoms with van der Waals surface area (Å²) in [4.78, 5) is 18.6. The van der Waals surface area contributed by atoms with Gasteiger partial charge in [-0.2, -0.15) is 0 Å². The molecule has 1 aliphatic rings. The van der Waals surface area contributed by atoms with E-state index in [-0.39, 0.29) is 36.0 Å². The number of ether oxygens (including phenoxy) is 1. The van der Waals surface area contributed by atoms with Crippen LogP contribution in [0.1, 0.15) is 53.9 Å². The van der Waals surface area contributed by atoms with Crippen LogP contribution in [-0.2, 0) is 11.3 Å². The molecule has 7 nitrogen and oxygen atoms in total. The molecule has 1 unspecified atom stereocenters. The third-order valence-corrected chi connectivity index (χ3v) is 5.31. The predicted octanol–water partition coefficient (Wildman–Crippen LogP) is 3.97. The molecule has 31 heavy (non-hydrogen) atoms. The van der Waals surface area contributed by atoms with Crippen LogP contribution in [0.5, 0.6) is 0 Å². The van der Waals surface area contributed by atoms with E-state index in [9.17, 15) is 4.79 Å². The van der Waals surface area contributed by atoms with E-state index in [1.54, 1.807) is 32.4 Å². The molecule has 1 aromatic heterocycles. The number of nitrogens with zero attached hydrogens (tertiary/aromatic N) is 2. The van der Waals surface area contributed by atoms with Gasteiger partial charge in [0, 0.05) is 20.1 Å². The molecule has 2 heterocycles. The second-order valence-corrected chi connectivity index (χ2v) is 7.35. The summed E-state index contributed by atoms with van der Waals surface area (Å²) >= 11 is 0. The maximum Gasteiger partial charge on any atom is 0.338 e. The van der Waals surface area contributed by atoms with Gasteiger partial charge in [-0.05, 0) is 62.7 Å². The lowest BCUT2D eigenvalue weighted by Gasteiger charge is -2.33. The number of esters is 1. The Balaban J connectivity index is 0.00000341. The summed E-state index contributed by atoms with van der Waals surface area (Å²) in [7, 11) is 1.77. The van der Waals surface area contributed by atoms with Gasteiger partial charge < -0.3 is 19.8 Å². The fraction of sp³-hybridized carbons (Fsp3) is 0.478. The molecule has 1 aromatic carbocycles. The van der Waals surface area contributed by atoms with Gasteiger partial charge in [0.05, 0.1) is 24.5 Å². The Hall–Kier alpha value is -2.07. The Morgan fingerprint density at radius 2 is 1.90 bits per heavy atom. The normalized spacial score (nSPS) is 15.6. The average Bonchev–Trinajstić information content (AvgIpc) is 3.32. The van der Waals surface area contributed by atoms with Crippen LogP contribution < -0.4 is 10.6 Å². The number of hydrogen-bond acceptors (Lipinski definition) is 5. The molecule has 2 aromatic rings. The molecule has 0 aliphatic carbocycles. The molecule has 0 bridgehead atoms. The highest BCUT2D eigenvalue weighted by Crippen LogP contribution is 2.24. The fourth-order valence-electron chi connectivity index (χ4n) is 3.69. The fourth-order valence-corrected chi connectivity index (χ4v) is 3.69. The number of halogens is 1. The monoisotopic (exact) mass is 540 g/mol. The zero-order valence-electron chi connectivity index (χ0n) is 18.3. The van der Waals surface area contributed by atoms with E-state index < -0.39 is 0 Å². The number of benzene rings is 1. The standard InChI is InChI=1S/C23H32N4O3.HI/c1-3-29-22(28)19-11-9-18(10-12-19)16-25-23(24-2)26-17-20(21-8-7-15-30-21)27-13-5-4-6-14-27;/h7-12,15,20H,3-6,13-14,16-17H2,1-2H3,(H2,24,25,26);1H. The van der Waals surface area contributed by atoms with Crippen molar-refractivity contribution in [1.82, 2.24) is 15.5 Å². The lowest BCUT2D eigenvalue weighted by molar-refractivity contribution is 0.0526. The van der Waals surface area contributed by atoms with Crippen LogP contribution in [0.2, 0.25) is 0 Å². The molecule has 1 aliphatic heterocycles. The van der Waals surface area contributed by atoms with E-state index in [1.165, 1.54) is 19.3 Å². The highest BCUT2D eigenvalue weighted by atomic mass is 127. The zero-order valence-corrected chi connectivity index (χ0v) is 20.6. The van der Waals surface area contributed by atoms with Gasteiger partial charge in [-0.1, -0.05) is 18.6 Å². The number of carbonyl (C=O) groups excluding carboxylic acids is 1. The maximum absolute atomic E-state index is 11.8. The number of likely N-dealkylation sites (tertiary alicyclic amines) is 1. The third-order valence-electron chi connectivity index (χ3n) is 5.31. The van der Waals surface area contributed by atoms with Crippen molar-refractivity contribution in [3.05, 3.63) is 59.5 Å². The molecule has 8 heteroatoms. The van der Waals surface area contributed by atoms with Crippen LogP contribution in [0.4, 0.5) is 0 Å². The molecule has 0 amide bonds. The maximum atomic E-state index is 11.8. The molecule has 1 fully saturated rings. The number of nitrogens with one attached hydrogen (secondary N) is 2. The summed E-state index contributed by atoms with van der Waals surface area (Å²) in [6.45, 7) is 5.68. The summed E-state index contributed by atoms with van der Waals surface area (Å²) in [6, 6.07) is 11.6. The van der Waals surface area contributed by atoms with Crippen molar-refractivity contribution in [3.8, 4) is 0 Å². The Morgan fingerprint density at radius 1 is 1.16 bits per heavy atom.